The first-order valence-electron chi connectivity index (χ1n) is 18.0. The van der Waals surface area contributed by atoms with E-state index >= 15 is 0 Å². The molecular weight excluding hydrogens is 661 g/mol. The summed E-state index contributed by atoms with van der Waals surface area (Å²) in [6.45, 7) is 21.3. The summed E-state index contributed by atoms with van der Waals surface area (Å²) in [6.07, 6.45) is 4.71. The van der Waals surface area contributed by atoms with Crippen molar-refractivity contribution in [3.05, 3.63) is 72.7 Å². The van der Waals surface area contributed by atoms with Gasteiger partial charge in [0.05, 0.1) is 55.1 Å². The molecule has 11 nitrogen and oxygen atoms in total. The van der Waals surface area contributed by atoms with Crippen LogP contribution in [0, 0.1) is 0 Å². The second-order valence-corrected chi connectivity index (χ2v) is 21.2. The van der Waals surface area contributed by atoms with Gasteiger partial charge in [-0.3, -0.25) is 9.88 Å². The Hall–Kier alpha value is -4.26. The molecule has 1 N–H and O–H groups in total. The predicted octanol–water partition coefficient (Wildman–Crippen LogP) is 8.07. The molecule has 2 saturated heterocycles. The third-order valence-corrected chi connectivity index (χ3v) is 11.0. The van der Waals surface area contributed by atoms with E-state index in [1.54, 1.807) is 0 Å². The maximum atomic E-state index is 13.4. The van der Waals surface area contributed by atoms with Crippen molar-refractivity contribution in [2.24, 2.45) is 0 Å². The molecular formula is C39H52N6O5Si. The number of hydrogen-bond donors (Lipinski definition) is 1. The second-order valence-electron chi connectivity index (χ2n) is 15.6. The number of carbonyl (C=O) groups excluding carboxylic acids is 1. The van der Waals surface area contributed by atoms with E-state index in [-0.39, 0.29) is 30.8 Å². The van der Waals surface area contributed by atoms with E-state index < -0.39 is 13.7 Å². The van der Waals surface area contributed by atoms with Gasteiger partial charge in [-0.05, 0) is 52.6 Å². The van der Waals surface area contributed by atoms with Crippen LogP contribution in [0.2, 0.25) is 25.7 Å². The summed E-state index contributed by atoms with van der Waals surface area (Å²) in [7, 11) is -1.27. The summed E-state index contributed by atoms with van der Waals surface area (Å²) in [6, 6.07) is 14.9. The van der Waals surface area contributed by atoms with Gasteiger partial charge < -0.3 is 24.3 Å². The fraction of sp³-hybridized carbons (Fsp3) is 0.487. The minimum absolute atomic E-state index is 0.0190. The monoisotopic (exact) mass is 712 g/mol. The number of piperidine rings is 1. The van der Waals surface area contributed by atoms with Crippen molar-refractivity contribution < 1.29 is 23.7 Å². The number of pyridine rings is 1. The molecule has 2 atom stereocenters. The average Bonchev–Trinajstić information content (AvgIpc) is 3.50. The lowest BCUT2D eigenvalue weighted by Gasteiger charge is -2.48. The Balaban J connectivity index is 1.42. The quantitative estimate of drug-likeness (QED) is 0.0675. The fourth-order valence-electron chi connectivity index (χ4n) is 6.85. The second kappa shape index (κ2) is 15.1. The van der Waals surface area contributed by atoms with E-state index in [2.05, 4.69) is 49.7 Å². The molecule has 2 bridgehead atoms. The molecule has 272 valence electrons. The normalized spacial score (nSPS) is 19.2. The Morgan fingerprint density at radius 2 is 1.76 bits per heavy atom. The zero-order valence-electron chi connectivity index (χ0n) is 31.1. The molecule has 1 amide bonds. The van der Waals surface area contributed by atoms with Crippen LogP contribution in [-0.4, -0.2) is 89.5 Å². The summed E-state index contributed by atoms with van der Waals surface area (Å²) >= 11 is 0. The van der Waals surface area contributed by atoms with Gasteiger partial charge in [0, 0.05) is 43.5 Å². The number of aromatic nitrogens is 4. The number of ether oxygens (including phenoxy) is 4. The van der Waals surface area contributed by atoms with Gasteiger partial charge in [0.25, 0.3) is 0 Å². The van der Waals surface area contributed by atoms with Crippen LogP contribution < -0.4 is 5.32 Å². The Kier molecular flexibility index (Phi) is 10.8. The van der Waals surface area contributed by atoms with Crippen molar-refractivity contribution >= 4 is 31.4 Å². The highest BCUT2D eigenvalue weighted by Crippen LogP contribution is 2.43. The lowest BCUT2D eigenvalue weighted by Crippen LogP contribution is -2.59. The highest BCUT2D eigenvalue weighted by atomic mass is 28.3. The molecule has 0 aliphatic carbocycles. The molecule has 3 aromatic heterocycles. The Morgan fingerprint density at radius 3 is 2.39 bits per heavy atom. The maximum absolute atomic E-state index is 13.4. The molecule has 0 radical (unpaired) electrons. The Morgan fingerprint density at radius 1 is 1.04 bits per heavy atom. The first-order valence-corrected chi connectivity index (χ1v) is 21.7. The highest BCUT2D eigenvalue weighted by Gasteiger charge is 2.45. The Bertz CT molecular complexity index is 1820. The van der Waals surface area contributed by atoms with Crippen LogP contribution >= 0.6 is 0 Å². The number of carbonyl (C=O) groups is 1. The largest absolute Gasteiger partial charge is 0.494 e. The standard InChI is InChI=1S/C39H52N6O5Si/c1-9-49-26(2)34-35(29-19-30-23-48-24-31(20-29)44(30)38(46)50-39(3,4)5)43-36-32(28-15-16-33(40-21-28)27-13-11-10-12-14-27)22-42-45(36)37(34)41-25-47-17-18-51(6,7)8/h10-16,21-22,29-31,41H,2,9,17-20,23-25H2,1,3-8H3. The summed E-state index contributed by atoms with van der Waals surface area (Å²) in [4.78, 5) is 25.5. The van der Waals surface area contributed by atoms with E-state index in [9.17, 15) is 4.79 Å². The predicted molar refractivity (Wildman–Crippen MR) is 203 cm³/mol. The smallest absolute Gasteiger partial charge is 0.410 e. The molecule has 4 aromatic rings. The lowest BCUT2D eigenvalue weighted by molar-refractivity contribution is -0.0827. The van der Waals surface area contributed by atoms with Crippen LogP contribution in [0.15, 0.2) is 61.4 Å². The van der Waals surface area contributed by atoms with Crippen molar-refractivity contribution in [1.82, 2.24) is 24.5 Å². The Labute approximate surface area is 302 Å². The van der Waals surface area contributed by atoms with Gasteiger partial charge in [0.2, 0.25) is 0 Å². The van der Waals surface area contributed by atoms with E-state index in [1.165, 1.54) is 0 Å². The topological polar surface area (TPSA) is 112 Å². The van der Waals surface area contributed by atoms with Crippen LogP contribution in [0.4, 0.5) is 10.6 Å². The molecule has 51 heavy (non-hydrogen) atoms. The first kappa shape index (κ1) is 36.5. The number of fused-ring (bicyclic) bond motifs is 3. The summed E-state index contributed by atoms with van der Waals surface area (Å²) in [5.41, 5.74) is 5.41. The van der Waals surface area contributed by atoms with E-state index in [0.717, 1.165) is 39.7 Å². The van der Waals surface area contributed by atoms with Gasteiger partial charge in [-0.1, -0.05) is 62.6 Å². The average molecular weight is 713 g/mol. The molecule has 0 saturated carbocycles. The van der Waals surface area contributed by atoms with Gasteiger partial charge in [0.15, 0.2) is 5.65 Å². The molecule has 5 heterocycles. The number of benzene rings is 1. The molecule has 1 aromatic carbocycles. The zero-order valence-corrected chi connectivity index (χ0v) is 32.1. The number of anilines is 1. The SMILES string of the molecule is C=C(OCC)c1c(C2CC3COCC(C2)N3C(=O)OC(C)(C)C)nc2c(-c3ccc(-c4ccccc4)nc3)cnn2c1NCOCC[Si](C)(C)C. The van der Waals surface area contributed by atoms with Gasteiger partial charge in [-0.15, -0.1) is 0 Å². The minimum atomic E-state index is -1.27. The fourth-order valence-corrected chi connectivity index (χ4v) is 7.60. The van der Waals surface area contributed by atoms with Crippen LogP contribution in [0.1, 0.15) is 57.7 Å². The van der Waals surface area contributed by atoms with E-state index in [1.807, 2.05) is 73.8 Å². The van der Waals surface area contributed by atoms with Crippen molar-refractivity contribution in [2.75, 3.05) is 38.5 Å². The van der Waals surface area contributed by atoms with Crippen molar-refractivity contribution in [2.45, 2.75) is 89.8 Å². The first-order chi connectivity index (χ1) is 24.3. The molecule has 2 fully saturated rings. The summed E-state index contributed by atoms with van der Waals surface area (Å²) in [5, 5.41) is 8.41. The van der Waals surface area contributed by atoms with Crippen LogP contribution in [0.25, 0.3) is 33.8 Å². The minimum Gasteiger partial charge on any atom is -0.494 e. The lowest BCUT2D eigenvalue weighted by atomic mass is 9.81. The number of rotatable bonds is 12. The third kappa shape index (κ3) is 8.45. The number of hydrogen-bond acceptors (Lipinski definition) is 9. The molecule has 2 unspecified atom stereocenters. The van der Waals surface area contributed by atoms with Crippen LogP contribution in [-0.2, 0) is 18.9 Å². The van der Waals surface area contributed by atoms with Gasteiger partial charge in [-0.2, -0.15) is 9.61 Å². The van der Waals surface area contributed by atoms with Crippen LogP contribution in [0.3, 0.4) is 0 Å². The maximum Gasteiger partial charge on any atom is 0.410 e. The summed E-state index contributed by atoms with van der Waals surface area (Å²) in [5.74, 6) is 1.19. The molecule has 6 rings (SSSR count). The zero-order chi connectivity index (χ0) is 36.3. The molecule has 2 aliphatic rings. The number of amides is 1. The highest BCUT2D eigenvalue weighted by molar-refractivity contribution is 6.76. The van der Waals surface area contributed by atoms with Gasteiger partial charge in [-0.25, -0.2) is 9.78 Å². The molecule has 12 heteroatoms. The van der Waals surface area contributed by atoms with Gasteiger partial charge >= 0.3 is 6.09 Å². The van der Waals surface area contributed by atoms with Crippen molar-refractivity contribution in [1.29, 1.82) is 0 Å². The van der Waals surface area contributed by atoms with Crippen molar-refractivity contribution in [3.8, 4) is 22.4 Å². The third-order valence-electron chi connectivity index (χ3n) is 9.27. The molecule has 2 aliphatic heterocycles. The van der Waals surface area contributed by atoms with Gasteiger partial charge in [0.1, 0.15) is 23.9 Å². The van der Waals surface area contributed by atoms with Crippen LogP contribution in [0.5, 0.6) is 0 Å². The van der Waals surface area contributed by atoms with Crippen molar-refractivity contribution in [3.63, 3.8) is 0 Å². The van der Waals surface area contributed by atoms with E-state index in [4.69, 9.17) is 34.0 Å². The number of nitrogens with zero attached hydrogens (tertiary/aromatic N) is 5. The molecule has 0 spiro atoms. The number of nitrogens with one attached hydrogen (secondary N) is 1. The van der Waals surface area contributed by atoms with E-state index in [0.29, 0.717) is 56.5 Å². The number of morpholine rings is 1. The summed E-state index contributed by atoms with van der Waals surface area (Å²) < 4.78 is 25.9.